The Labute approximate surface area is 175 Å². The van der Waals surface area contributed by atoms with Gasteiger partial charge in [-0.25, -0.2) is 0 Å². The second-order valence-corrected chi connectivity index (χ2v) is 8.28. The molecule has 0 radical (unpaired) electrons. The summed E-state index contributed by atoms with van der Waals surface area (Å²) < 4.78 is 16.1. The van der Waals surface area contributed by atoms with Crippen LogP contribution in [0.3, 0.4) is 0 Å². The van der Waals surface area contributed by atoms with Crippen molar-refractivity contribution in [3.63, 3.8) is 0 Å². The molecule has 29 heavy (non-hydrogen) atoms. The number of likely N-dealkylation sites (tertiary alicyclic amines) is 1. The van der Waals surface area contributed by atoms with E-state index < -0.39 is 0 Å². The fourth-order valence-electron chi connectivity index (χ4n) is 3.92. The highest BCUT2D eigenvalue weighted by molar-refractivity contribution is 7.10. The zero-order valence-electron chi connectivity index (χ0n) is 17.0. The molecule has 0 aliphatic carbocycles. The summed E-state index contributed by atoms with van der Waals surface area (Å²) in [6, 6.07) is 6.35. The van der Waals surface area contributed by atoms with E-state index in [9.17, 15) is 4.79 Å². The van der Waals surface area contributed by atoms with Gasteiger partial charge in [0, 0.05) is 43.2 Å². The molecular formula is C22H26N2O4S. The quantitative estimate of drug-likeness (QED) is 0.680. The zero-order valence-corrected chi connectivity index (χ0v) is 17.8. The van der Waals surface area contributed by atoms with Crippen molar-refractivity contribution in [3.8, 4) is 17.2 Å². The van der Waals surface area contributed by atoms with E-state index in [0.29, 0.717) is 23.3 Å². The Morgan fingerprint density at radius 3 is 2.52 bits per heavy atom. The molecule has 2 aliphatic heterocycles. The third-order valence-electron chi connectivity index (χ3n) is 5.63. The monoisotopic (exact) mass is 414 g/mol. The van der Waals surface area contributed by atoms with E-state index in [-0.39, 0.29) is 5.91 Å². The van der Waals surface area contributed by atoms with E-state index in [4.69, 9.17) is 14.2 Å². The summed E-state index contributed by atoms with van der Waals surface area (Å²) in [5.41, 5.74) is 2.28. The van der Waals surface area contributed by atoms with E-state index in [2.05, 4.69) is 16.3 Å². The predicted octanol–water partition coefficient (Wildman–Crippen LogP) is 3.06. The van der Waals surface area contributed by atoms with Gasteiger partial charge in [0.2, 0.25) is 11.7 Å². The van der Waals surface area contributed by atoms with Crippen LogP contribution in [0.5, 0.6) is 17.2 Å². The highest BCUT2D eigenvalue weighted by atomic mass is 32.1. The van der Waals surface area contributed by atoms with Crippen LogP contribution in [-0.2, 0) is 17.8 Å². The Bertz CT molecular complexity index is 892. The smallest absolute Gasteiger partial charge is 0.246 e. The summed E-state index contributed by atoms with van der Waals surface area (Å²) in [6.45, 7) is 3.67. The van der Waals surface area contributed by atoms with Gasteiger partial charge < -0.3 is 19.1 Å². The van der Waals surface area contributed by atoms with Gasteiger partial charge in [0.1, 0.15) is 0 Å². The van der Waals surface area contributed by atoms with Gasteiger partial charge in [0.15, 0.2) is 11.5 Å². The number of hydrogen-bond acceptors (Lipinski definition) is 6. The first-order chi connectivity index (χ1) is 14.1. The predicted molar refractivity (Wildman–Crippen MR) is 114 cm³/mol. The lowest BCUT2D eigenvalue weighted by Crippen LogP contribution is -2.61. The van der Waals surface area contributed by atoms with Crippen molar-refractivity contribution in [2.75, 3.05) is 41.0 Å². The lowest BCUT2D eigenvalue weighted by atomic mass is 10.0. The molecule has 2 aliphatic rings. The maximum Gasteiger partial charge on any atom is 0.246 e. The first-order valence-electron chi connectivity index (χ1n) is 9.69. The lowest BCUT2D eigenvalue weighted by molar-refractivity contribution is -0.133. The SMILES string of the molecule is COc1cc(/C=C/C(=O)N2CC(N3CCc4sccc4C3)C2)cc(OC)c1OC. The molecular weight excluding hydrogens is 388 g/mol. The first kappa shape index (κ1) is 19.8. The summed E-state index contributed by atoms with van der Waals surface area (Å²) in [4.78, 5) is 18.5. The summed E-state index contributed by atoms with van der Waals surface area (Å²) in [7, 11) is 4.73. The number of rotatable bonds is 6. The van der Waals surface area contributed by atoms with E-state index in [1.807, 2.05) is 28.4 Å². The molecule has 0 atom stereocenters. The van der Waals surface area contributed by atoms with Gasteiger partial charge in [0.05, 0.1) is 21.3 Å². The summed E-state index contributed by atoms with van der Waals surface area (Å²) in [6.07, 6.45) is 4.53. The van der Waals surface area contributed by atoms with Gasteiger partial charge in [-0.3, -0.25) is 9.69 Å². The van der Waals surface area contributed by atoms with Crippen LogP contribution >= 0.6 is 11.3 Å². The molecule has 1 saturated heterocycles. The molecule has 1 aromatic carbocycles. The summed E-state index contributed by atoms with van der Waals surface area (Å²) in [5, 5.41) is 2.18. The summed E-state index contributed by atoms with van der Waals surface area (Å²) in [5.74, 6) is 1.71. The molecule has 154 valence electrons. The third-order valence-corrected chi connectivity index (χ3v) is 6.66. The maximum absolute atomic E-state index is 12.6. The molecule has 0 unspecified atom stereocenters. The van der Waals surface area contributed by atoms with Crippen molar-refractivity contribution < 1.29 is 19.0 Å². The fourth-order valence-corrected chi connectivity index (χ4v) is 4.81. The highest BCUT2D eigenvalue weighted by Gasteiger charge is 2.35. The van der Waals surface area contributed by atoms with Crippen LogP contribution in [0.1, 0.15) is 16.0 Å². The lowest BCUT2D eigenvalue weighted by Gasteiger charge is -2.46. The van der Waals surface area contributed by atoms with Crippen molar-refractivity contribution in [2.45, 2.75) is 19.0 Å². The van der Waals surface area contributed by atoms with Crippen molar-refractivity contribution in [2.24, 2.45) is 0 Å². The average Bonchev–Trinajstić information content (AvgIpc) is 3.18. The van der Waals surface area contributed by atoms with E-state index >= 15 is 0 Å². The van der Waals surface area contributed by atoms with E-state index in [0.717, 1.165) is 38.2 Å². The Morgan fingerprint density at radius 1 is 1.14 bits per heavy atom. The topological polar surface area (TPSA) is 51.2 Å². The van der Waals surface area contributed by atoms with Crippen LogP contribution in [0.15, 0.2) is 29.7 Å². The van der Waals surface area contributed by atoms with Crippen LogP contribution in [0.2, 0.25) is 0 Å². The molecule has 1 amide bonds. The third kappa shape index (κ3) is 3.97. The van der Waals surface area contributed by atoms with Crippen molar-refractivity contribution in [1.82, 2.24) is 9.80 Å². The average molecular weight is 415 g/mol. The van der Waals surface area contributed by atoms with Crippen molar-refractivity contribution in [1.29, 1.82) is 0 Å². The molecule has 6 nitrogen and oxygen atoms in total. The van der Waals surface area contributed by atoms with Gasteiger partial charge in [-0.05, 0) is 47.2 Å². The van der Waals surface area contributed by atoms with Crippen molar-refractivity contribution >= 4 is 23.3 Å². The molecule has 0 spiro atoms. The number of methoxy groups -OCH3 is 3. The Hall–Kier alpha value is -2.51. The molecule has 0 N–H and O–H groups in total. The number of fused-ring (bicyclic) bond motifs is 1. The Kier molecular flexibility index (Phi) is 5.78. The van der Waals surface area contributed by atoms with E-state index in [1.54, 1.807) is 33.5 Å². The molecule has 3 heterocycles. The number of carbonyl (C=O) groups excluding carboxylic acids is 1. The normalized spacial score (nSPS) is 17.1. The molecule has 2 aromatic rings. The number of ether oxygens (including phenoxy) is 3. The van der Waals surface area contributed by atoms with Crippen LogP contribution in [0.4, 0.5) is 0 Å². The summed E-state index contributed by atoms with van der Waals surface area (Å²) >= 11 is 1.86. The number of nitrogens with zero attached hydrogens (tertiary/aromatic N) is 2. The van der Waals surface area contributed by atoms with Crippen molar-refractivity contribution in [3.05, 3.63) is 45.7 Å². The molecule has 1 aromatic heterocycles. The Morgan fingerprint density at radius 2 is 1.86 bits per heavy atom. The Balaban J connectivity index is 1.35. The number of amides is 1. The first-order valence-corrected chi connectivity index (χ1v) is 10.6. The molecule has 4 rings (SSSR count). The minimum atomic E-state index is 0.0308. The largest absolute Gasteiger partial charge is 0.493 e. The van der Waals surface area contributed by atoms with Gasteiger partial charge in [-0.2, -0.15) is 0 Å². The van der Waals surface area contributed by atoms with Crippen LogP contribution in [-0.4, -0.2) is 62.7 Å². The van der Waals surface area contributed by atoms with Crippen LogP contribution in [0, 0.1) is 0 Å². The molecule has 0 saturated carbocycles. The van der Waals surface area contributed by atoms with Gasteiger partial charge in [-0.1, -0.05) is 0 Å². The number of benzene rings is 1. The second kappa shape index (κ2) is 8.47. The standard InChI is InChI=1S/C22H26N2O4S/c1-26-18-10-15(11-19(27-2)22(18)28-3)4-5-21(25)24-13-17(14-24)23-8-6-20-16(12-23)7-9-29-20/h4-5,7,9-11,17H,6,8,12-14H2,1-3H3/b5-4+. The highest BCUT2D eigenvalue weighted by Crippen LogP contribution is 2.38. The maximum atomic E-state index is 12.6. The molecule has 1 fully saturated rings. The minimum Gasteiger partial charge on any atom is -0.493 e. The molecule has 7 heteroatoms. The number of hydrogen-bond donors (Lipinski definition) is 0. The van der Waals surface area contributed by atoms with Gasteiger partial charge in [-0.15, -0.1) is 11.3 Å². The van der Waals surface area contributed by atoms with Crippen LogP contribution < -0.4 is 14.2 Å². The number of thiophene rings is 1. The minimum absolute atomic E-state index is 0.0308. The van der Waals surface area contributed by atoms with Crippen LogP contribution in [0.25, 0.3) is 6.08 Å². The molecule has 0 bridgehead atoms. The zero-order chi connectivity index (χ0) is 20.4. The van der Waals surface area contributed by atoms with E-state index in [1.165, 1.54) is 10.4 Å². The van der Waals surface area contributed by atoms with Gasteiger partial charge >= 0.3 is 0 Å². The van der Waals surface area contributed by atoms with Gasteiger partial charge in [0.25, 0.3) is 0 Å². The second-order valence-electron chi connectivity index (χ2n) is 7.28. The fraction of sp³-hybridized carbons (Fsp3) is 0.409. The number of carbonyl (C=O) groups is 1.